The molecule has 0 bridgehead atoms. The molecule has 100 valence electrons. The van der Waals surface area contributed by atoms with Gasteiger partial charge in [0.2, 0.25) is 0 Å². The van der Waals surface area contributed by atoms with Crippen LogP contribution in [-0.2, 0) is 0 Å². The molecule has 0 aliphatic carbocycles. The lowest BCUT2D eigenvalue weighted by molar-refractivity contribution is -0.384. The van der Waals surface area contributed by atoms with Gasteiger partial charge in [-0.15, -0.1) is 0 Å². The maximum atomic E-state index is 10.6. The zero-order valence-corrected chi connectivity index (χ0v) is 11.6. The third-order valence-corrected chi connectivity index (χ3v) is 3.06. The van der Waals surface area contributed by atoms with Gasteiger partial charge in [0.15, 0.2) is 0 Å². The molecule has 0 saturated carbocycles. The van der Waals surface area contributed by atoms with Crippen molar-refractivity contribution < 1.29 is 9.66 Å². The highest BCUT2D eigenvalue weighted by Crippen LogP contribution is 2.28. The molecule has 0 fully saturated rings. The van der Waals surface area contributed by atoms with Gasteiger partial charge in [0.05, 0.1) is 11.5 Å². The first-order valence-electron chi connectivity index (χ1n) is 5.82. The Hall–Kier alpha value is -0.940. The number of unbranched alkanes of at least 4 members (excludes halogenated alkanes) is 3. The lowest BCUT2D eigenvalue weighted by atomic mass is 10.2. The standard InChI is InChI=1S/C12H16ClNO3S/c13-11-9-10(5-6-12(11)14(15)16)17-7-3-1-2-4-8-18/h5-6,9,18H,1-4,7-8H2. The van der Waals surface area contributed by atoms with E-state index in [-0.39, 0.29) is 10.7 Å². The second-order valence-corrected chi connectivity index (χ2v) is 4.71. The van der Waals surface area contributed by atoms with E-state index in [9.17, 15) is 10.1 Å². The fourth-order valence-corrected chi connectivity index (χ4v) is 1.95. The molecular weight excluding hydrogens is 274 g/mol. The van der Waals surface area contributed by atoms with Crippen LogP contribution in [0.2, 0.25) is 5.02 Å². The molecule has 0 saturated heterocycles. The van der Waals surface area contributed by atoms with Crippen LogP contribution in [0.15, 0.2) is 18.2 Å². The highest BCUT2D eigenvalue weighted by atomic mass is 35.5. The van der Waals surface area contributed by atoms with Crippen LogP contribution in [0.5, 0.6) is 5.75 Å². The number of nitrogens with zero attached hydrogens (tertiary/aromatic N) is 1. The van der Waals surface area contributed by atoms with Crippen molar-refractivity contribution in [1.82, 2.24) is 0 Å². The molecule has 0 radical (unpaired) electrons. The van der Waals surface area contributed by atoms with Gasteiger partial charge in [-0.1, -0.05) is 24.4 Å². The van der Waals surface area contributed by atoms with Crippen LogP contribution in [-0.4, -0.2) is 17.3 Å². The smallest absolute Gasteiger partial charge is 0.288 e. The lowest BCUT2D eigenvalue weighted by Gasteiger charge is -2.06. The summed E-state index contributed by atoms with van der Waals surface area (Å²) in [6, 6.07) is 4.41. The van der Waals surface area contributed by atoms with Crippen LogP contribution in [0.1, 0.15) is 25.7 Å². The number of benzene rings is 1. The molecule has 4 nitrogen and oxygen atoms in total. The van der Waals surface area contributed by atoms with E-state index in [4.69, 9.17) is 16.3 Å². The summed E-state index contributed by atoms with van der Waals surface area (Å²) in [6.45, 7) is 0.598. The normalized spacial score (nSPS) is 10.3. The third kappa shape index (κ3) is 5.14. The Morgan fingerprint density at radius 2 is 2.00 bits per heavy atom. The Kier molecular flexibility index (Phi) is 6.90. The molecule has 1 rings (SSSR count). The zero-order chi connectivity index (χ0) is 13.4. The minimum Gasteiger partial charge on any atom is -0.494 e. The topological polar surface area (TPSA) is 52.4 Å². The van der Waals surface area contributed by atoms with E-state index in [2.05, 4.69) is 12.6 Å². The highest BCUT2D eigenvalue weighted by molar-refractivity contribution is 7.80. The van der Waals surface area contributed by atoms with Crippen molar-refractivity contribution in [2.75, 3.05) is 12.4 Å². The second-order valence-electron chi connectivity index (χ2n) is 3.86. The third-order valence-electron chi connectivity index (χ3n) is 2.44. The second kappa shape index (κ2) is 8.21. The number of nitro benzene ring substituents is 1. The molecule has 1 aromatic rings. The quantitative estimate of drug-likeness (QED) is 0.339. The van der Waals surface area contributed by atoms with Crippen LogP contribution in [0.25, 0.3) is 0 Å². The number of nitro groups is 1. The minimum atomic E-state index is -0.510. The van der Waals surface area contributed by atoms with Crippen LogP contribution in [0.4, 0.5) is 5.69 Å². The van der Waals surface area contributed by atoms with Gasteiger partial charge in [-0.05, 0) is 24.7 Å². The molecule has 0 unspecified atom stereocenters. The van der Waals surface area contributed by atoms with Gasteiger partial charge in [-0.3, -0.25) is 10.1 Å². The van der Waals surface area contributed by atoms with Crippen molar-refractivity contribution in [1.29, 1.82) is 0 Å². The molecule has 1 aromatic carbocycles. The first kappa shape index (κ1) is 15.1. The first-order valence-corrected chi connectivity index (χ1v) is 6.84. The van der Waals surface area contributed by atoms with Crippen molar-refractivity contribution in [3.63, 3.8) is 0 Å². The largest absolute Gasteiger partial charge is 0.494 e. The Labute approximate surface area is 117 Å². The van der Waals surface area contributed by atoms with E-state index < -0.39 is 4.92 Å². The predicted octanol–water partition coefficient (Wildman–Crippen LogP) is 4.12. The molecular formula is C12H16ClNO3S. The SMILES string of the molecule is O=[N+]([O-])c1ccc(OCCCCCCS)cc1Cl. The summed E-state index contributed by atoms with van der Waals surface area (Å²) in [4.78, 5) is 10.1. The van der Waals surface area contributed by atoms with Gasteiger partial charge in [0.1, 0.15) is 10.8 Å². The fraction of sp³-hybridized carbons (Fsp3) is 0.500. The molecule has 0 atom stereocenters. The molecule has 0 aromatic heterocycles. The van der Waals surface area contributed by atoms with Crippen molar-refractivity contribution in [3.05, 3.63) is 33.3 Å². The number of ether oxygens (including phenoxy) is 1. The minimum absolute atomic E-state index is 0.0993. The summed E-state index contributed by atoms with van der Waals surface area (Å²) in [5.41, 5.74) is -0.0993. The Balaban J connectivity index is 2.35. The zero-order valence-electron chi connectivity index (χ0n) is 9.97. The summed E-state index contributed by atoms with van der Waals surface area (Å²) < 4.78 is 5.48. The summed E-state index contributed by atoms with van der Waals surface area (Å²) in [5.74, 6) is 1.48. The van der Waals surface area contributed by atoms with E-state index in [1.807, 2.05) is 0 Å². The van der Waals surface area contributed by atoms with Crippen molar-refractivity contribution in [2.24, 2.45) is 0 Å². The Bertz CT molecular complexity index is 401. The fourth-order valence-electron chi connectivity index (χ4n) is 1.48. The highest BCUT2D eigenvalue weighted by Gasteiger charge is 2.12. The molecule has 18 heavy (non-hydrogen) atoms. The van der Waals surface area contributed by atoms with E-state index in [0.717, 1.165) is 31.4 Å². The van der Waals surface area contributed by atoms with Crippen LogP contribution < -0.4 is 4.74 Å². The number of thiol groups is 1. The summed E-state index contributed by atoms with van der Waals surface area (Å²) in [5, 5.41) is 10.7. The Morgan fingerprint density at radius 3 is 2.61 bits per heavy atom. The van der Waals surface area contributed by atoms with E-state index >= 15 is 0 Å². The predicted molar refractivity (Wildman–Crippen MR) is 75.9 cm³/mol. The summed E-state index contributed by atoms with van der Waals surface area (Å²) >= 11 is 9.91. The van der Waals surface area contributed by atoms with Gasteiger partial charge in [0.25, 0.3) is 5.69 Å². The van der Waals surface area contributed by atoms with Gasteiger partial charge >= 0.3 is 0 Å². The molecule has 0 aliphatic rings. The van der Waals surface area contributed by atoms with Gasteiger partial charge in [-0.2, -0.15) is 12.6 Å². The summed E-state index contributed by atoms with van der Waals surface area (Å²) in [6.07, 6.45) is 4.32. The van der Waals surface area contributed by atoms with Gasteiger partial charge < -0.3 is 4.74 Å². The average Bonchev–Trinajstić information content (AvgIpc) is 2.33. The number of hydrogen-bond donors (Lipinski definition) is 1. The molecule has 0 aliphatic heterocycles. The van der Waals surface area contributed by atoms with Gasteiger partial charge in [0, 0.05) is 12.1 Å². The first-order chi connectivity index (χ1) is 8.65. The van der Waals surface area contributed by atoms with E-state index in [0.29, 0.717) is 12.4 Å². The monoisotopic (exact) mass is 289 g/mol. The Morgan fingerprint density at radius 1 is 1.28 bits per heavy atom. The van der Waals surface area contributed by atoms with Crippen LogP contribution in [0, 0.1) is 10.1 Å². The van der Waals surface area contributed by atoms with Crippen LogP contribution in [0.3, 0.4) is 0 Å². The molecule has 6 heteroatoms. The van der Waals surface area contributed by atoms with Crippen LogP contribution >= 0.6 is 24.2 Å². The molecule has 0 N–H and O–H groups in total. The van der Waals surface area contributed by atoms with Crippen molar-refractivity contribution >= 4 is 29.9 Å². The number of halogens is 1. The van der Waals surface area contributed by atoms with Crippen molar-refractivity contribution in [3.8, 4) is 5.75 Å². The molecule has 0 amide bonds. The average molecular weight is 290 g/mol. The maximum absolute atomic E-state index is 10.6. The number of rotatable bonds is 8. The maximum Gasteiger partial charge on any atom is 0.288 e. The van der Waals surface area contributed by atoms with E-state index in [1.54, 1.807) is 6.07 Å². The van der Waals surface area contributed by atoms with E-state index in [1.165, 1.54) is 12.1 Å². The lowest BCUT2D eigenvalue weighted by Crippen LogP contribution is -1.98. The van der Waals surface area contributed by atoms with Gasteiger partial charge in [-0.25, -0.2) is 0 Å². The molecule has 0 spiro atoms. The summed E-state index contributed by atoms with van der Waals surface area (Å²) in [7, 11) is 0. The molecule has 0 heterocycles. The van der Waals surface area contributed by atoms with Crippen molar-refractivity contribution in [2.45, 2.75) is 25.7 Å². The number of hydrogen-bond acceptors (Lipinski definition) is 4.